The van der Waals surface area contributed by atoms with Crippen LogP contribution in [0.4, 0.5) is 5.13 Å². The van der Waals surface area contributed by atoms with E-state index in [4.69, 9.17) is 23.2 Å². The second-order valence-electron chi connectivity index (χ2n) is 6.89. The van der Waals surface area contributed by atoms with Crippen molar-refractivity contribution in [2.24, 2.45) is 0 Å². The van der Waals surface area contributed by atoms with Crippen molar-refractivity contribution in [1.82, 2.24) is 15.1 Å². The zero-order valence-electron chi connectivity index (χ0n) is 15.4. The molecule has 0 spiro atoms. The van der Waals surface area contributed by atoms with Gasteiger partial charge in [-0.05, 0) is 35.4 Å². The highest BCUT2D eigenvalue weighted by atomic mass is 35.5. The summed E-state index contributed by atoms with van der Waals surface area (Å²) in [6, 6.07) is 15.2. The number of halogens is 2. The van der Waals surface area contributed by atoms with Gasteiger partial charge < -0.3 is 0 Å². The molecule has 0 unspecified atom stereocenters. The van der Waals surface area contributed by atoms with Crippen molar-refractivity contribution in [3.05, 3.63) is 75.2 Å². The first-order valence-electron chi connectivity index (χ1n) is 8.83. The van der Waals surface area contributed by atoms with Crippen LogP contribution in [0.5, 0.6) is 0 Å². The maximum absolute atomic E-state index is 12.4. The van der Waals surface area contributed by atoms with Gasteiger partial charge in [-0.1, -0.05) is 58.8 Å². The molecule has 0 radical (unpaired) electrons. The highest BCUT2D eigenvalue weighted by Gasteiger charge is 2.41. The van der Waals surface area contributed by atoms with Gasteiger partial charge in [-0.15, -0.1) is 10.2 Å². The number of nitrogens with zero attached hydrogens (tertiary/aromatic N) is 4. The maximum Gasteiger partial charge on any atom is 0.234 e. The van der Waals surface area contributed by atoms with Crippen LogP contribution >= 0.6 is 34.5 Å². The van der Waals surface area contributed by atoms with Gasteiger partial charge in [-0.2, -0.15) is 0 Å². The highest BCUT2D eigenvalue weighted by molar-refractivity contribution is 7.92. The molecule has 3 aromatic rings. The largest absolute Gasteiger partial charge is 0.288 e. The quantitative estimate of drug-likeness (QED) is 0.544. The van der Waals surface area contributed by atoms with Gasteiger partial charge in [-0.3, -0.25) is 4.90 Å². The highest BCUT2D eigenvalue weighted by Crippen LogP contribution is 2.36. The Morgan fingerprint density at radius 2 is 1.55 bits per heavy atom. The molecular formula is C19H18Cl2N4O2S2. The van der Waals surface area contributed by atoms with Gasteiger partial charge in [0.1, 0.15) is 5.51 Å². The van der Waals surface area contributed by atoms with Crippen LogP contribution in [0.2, 0.25) is 10.0 Å². The zero-order chi connectivity index (χ0) is 20.6. The number of rotatable bonds is 6. The average molecular weight is 469 g/mol. The van der Waals surface area contributed by atoms with Crippen LogP contribution in [0.15, 0.2) is 54.0 Å². The summed E-state index contributed by atoms with van der Waals surface area (Å²) in [4.78, 5) is 2.23. The fraction of sp³-hybridized carbons (Fsp3) is 0.263. The van der Waals surface area contributed by atoms with Gasteiger partial charge in [0, 0.05) is 23.1 Å². The standard InChI is InChI=1S/C19H18Cl2N4O2S2/c1-29(26,27)25(19-23-22-12-28-19)17-10-24(11-17)18(13-2-6-15(20)7-3-13)14-4-8-16(21)9-5-14/h2-9,12,17-18H,10-11H2,1H3. The summed E-state index contributed by atoms with van der Waals surface area (Å²) in [5, 5.41) is 9.48. The number of hydrogen-bond donors (Lipinski definition) is 0. The Bertz CT molecular complexity index is 1020. The zero-order valence-corrected chi connectivity index (χ0v) is 18.6. The Kier molecular flexibility index (Phi) is 5.81. The van der Waals surface area contributed by atoms with E-state index in [0.717, 1.165) is 11.1 Å². The van der Waals surface area contributed by atoms with Crippen LogP contribution in [0, 0.1) is 0 Å². The predicted molar refractivity (Wildman–Crippen MR) is 117 cm³/mol. The van der Waals surface area contributed by atoms with E-state index >= 15 is 0 Å². The van der Waals surface area contributed by atoms with Crippen molar-refractivity contribution in [1.29, 1.82) is 0 Å². The molecule has 4 rings (SSSR count). The topological polar surface area (TPSA) is 66.4 Å². The third-order valence-corrected chi connectivity index (χ3v) is 7.35. The molecule has 0 N–H and O–H groups in total. The van der Waals surface area contributed by atoms with E-state index in [9.17, 15) is 8.42 Å². The molecule has 10 heteroatoms. The summed E-state index contributed by atoms with van der Waals surface area (Å²) in [6.45, 7) is 1.14. The lowest BCUT2D eigenvalue weighted by Gasteiger charge is -2.48. The van der Waals surface area contributed by atoms with Crippen molar-refractivity contribution in [2.75, 3.05) is 23.7 Å². The van der Waals surface area contributed by atoms with Crippen molar-refractivity contribution >= 4 is 49.7 Å². The van der Waals surface area contributed by atoms with E-state index in [1.165, 1.54) is 27.4 Å². The van der Waals surface area contributed by atoms with Crippen LogP contribution in [-0.2, 0) is 10.0 Å². The Morgan fingerprint density at radius 3 is 1.97 bits per heavy atom. The van der Waals surface area contributed by atoms with Crippen LogP contribution in [0.3, 0.4) is 0 Å². The maximum atomic E-state index is 12.4. The van der Waals surface area contributed by atoms with E-state index in [1.807, 2.05) is 48.5 Å². The minimum absolute atomic E-state index is 0.0309. The Balaban J connectivity index is 1.62. The van der Waals surface area contributed by atoms with Crippen LogP contribution in [0.1, 0.15) is 17.2 Å². The first kappa shape index (κ1) is 20.6. The predicted octanol–water partition coefficient (Wildman–Crippen LogP) is 4.08. The summed E-state index contributed by atoms with van der Waals surface area (Å²) in [5.74, 6) is 0. The Labute approximate surface area is 183 Å². The molecule has 1 aliphatic rings. The summed E-state index contributed by atoms with van der Waals surface area (Å²) in [7, 11) is -3.46. The van der Waals surface area contributed by atoms with Gasteiger partial charge in [-0.25, -0.2) is 12.7 Å². The van der Waals surface area contributed by atoms with E-state index in [1.54, 1.807) is 0 Å². The van der Waals surface area contributed by atoms with Crippen LogP contribution in [-0.4, -0.2) is 48.9 Å². The SMILES string of the molecule is CS(=O)(=O)N(c1nncs1)C1CN(C(c2ccc(Cl)cc2)c2ccc(Cl)cc2)C1. The summed E-state index contributed by atoms with van der Waals surface area (Å²) in [5.41, 5.74) is 3.70. The van der Waals surface area contributed by atoms with Crippen molar-refractivity contribution in [3.8, 4) is 0 Å². The Hall–Kier alpha value is -1.71. The molecule has 0 atom stereocenters. The third-order valence-electron chi connectivity index (χ3n) is 4.85. The molecule has 2 heterocycles. The second kappa shape index (κ2) is 8.20. The van der Waals surface area contributed by atoms with Gasteiger partial charge in [0.05, 0.1) is 18.3 Å². The van der Waals surface area contributed by atoms with Gasteiger partial charge in [0.2, 0.25) is 15.2 Å². The lowest BCUT2D eigenvalue weighted by Crippen LogP contribution is -2.61. The molecule has 152 valence electrons. The van der Waals surface area contributed by atoms with Crippen LogP contribution in [0.25, 0.3) is 0 Å². The average Bonchev–Trinajstić information content (AvgIpc) is 3.15. The van der Waals surface area contributed by atoms with E-state index < -0.39 is 10.0 Å². The van der Waals surface area contributed by atoms with Crippen molar-refractivity contribution < 1.29 is 8.42 Å². The fourth-order valence-electron chi connectivity index (χ4n) is 3.58. The molecule has 29 heavy (non-hydrogen) atoms. The van der Waals surface area contributed by atoms with Crippen molar-refractivity contribution in [3.63, 3.8) is 0 Å². The van der Waals surface area contributed by atoms with E-state index in [2.05, 4.69) is 15.1 Å². The number of anilines is 1. The first-order chi connectivity index (χ1) is 13.8. The lowest BCUT2D eigenvalue weighted by atomic mass is 9.93. The lowest BCUT2D eigenvalue weighted by molar-refractivity contribution is 0.116. The molecule has 0 aliphatic carbocycles. The molecule has 1 aromatic heterocycles. The number of benzene rings is 2. The number of aromatic nitrogens is 2. The number of hydrogen-bond acceptors (Lipinski definition) is 6. The molecule has 1 fully saturated rings. The van der Waals surface area contributed by atoms with Gasteiger partial charge in [0.25, 0.3) is 0 Å². The molecule has 1 aliphatic heterocycles. The summed E-state index contributed by atoms with van der Waals surface area (Å²) in [6.07, 6.45) is 1.20. The molecular weight excluding hydrogens is 451 g/mol. The van der Waals surface area contributed by atoms with Gasteiger partial charge >= 0.3 is 0 Å². The molecule has 0 bridgehead atoms. The van der Waals surface area contributed by atoms with E-state index in [0.29, 0.717) is 28.3 Å². The normalized spacial score (nSPS) is 15.4. The molecule has 2 aromatic carbocycles. The number of likely N-dealkylation sites (tertiary alicyclic amines) is 1. The van der Waals surface area contributed by atoms with Crippen molar-refractivity contribution in [2.45, 2.75) is 12.1 Å². The summed E-state index contributed by atoms with van der Waals surface area (Å²) < 4.78 is 26.1. The monoisotopic (exact) mass is 468 g/mol. The first-order valence-corrected chi connectivity index (χ1v) is 12.3. The Morgan fingerprint density at radius 1 is 1.03 bits per heavy atom. The number of sulfonamides is 1. The molecule has 6 nitrogen and oxygen atoms in total. The smallest absolute Gasteiger partial charge is 0.234 e. The molecule has 1 saturated heterocycles. The third kappa shape index (κ3) is 4.41. The van der Waals surface area contributed by atoms with E-state index in [-0.39, 0.29) is 12.1 Å². The minimum Gasteiger partial charge on any atom is -0.288 e. The van der Waals surface area contributed by atoms with Gasteiger partial charge in [0.15, 0.2) is 0 Å². The second-order valence-corrected chi connectivity index (χ2v) is 10.4. The molecule has 0 saturated carbocycles. The molecule has 0 amide bonds. The summed E-state index contributed by atoms with van der Waals surface area (Å²) >= 11 is 13.4. The van der Waals surface area contributed by atoms with Crippen LogP contribution < -0.4 is 4.31 Å². The minimum atomic E-state index is -3.46. The fourth-order valence-corrected chi connectivity index (χ4v) is 5.90.